The summed E-state index contributed by atoms with van der Waals surface area (Å²) in [4.78, 5) is 15.1. The molecule has 1 heterocycles. The minimum atomic E-state index is -0.238. The van der Waals surface area contributed by atoms with E-state index in [0.29, 0.717) is 0 Å². The molecule has 1 aromatic heterocycles. The third kappa shape index (κ3) is 1.53. The molecule has 0 aliphatic heterocycles. The van der Waals surface area contributed by atoms with E-state index < -0.39 is 0 Å². The van der Waals surface area contributed by atoms with Gasteiger partial charge < -0.3 is 9.88 Å². The van der Waals surface area contributed by atoms with E-state index in [1.165, 1.54) is 0 Å². The lowest BCUT2D eigenvalue weighted by Crippen LogP contribution is -2.25. The minimum Gasteiger partial charge on any atom is -0.336 e. The Labute approximate surface area is 71.6 Å². The van der Waals surface area contributed by atoms with Crippen LogP contribution in [0.25, 0.3) is 0 Å². The van der Waals surface area contributed by atoms with Crippen molar-refractivity contribution in [2.45, 2.75) is 13.0 Å². The molecule has 4 heteroatoms. The van der Waals surface area contributed by atoms with Crippen molar-refractivity contribution in [2.75, 3.05) is 7.05 Å². The molecule has 1 atom stereocenters. The molecule has 0 bridgehead atoms. The summed E-state index contributed by atoms with van der Waals surface area (Å²) in [5, 5.41) is 2.93. The van der Waals surface area contributed by atoms with Crippen LogP contribution in [0.5, 0.6) is 0 Å². The first-order chi connectivity index (χ1) is 5.66. The molecular weight excluding hydrogens is 154 g/mol. The normalized spacial score (nSPS) is 12.9. The molecule has 0 spiro atoms. The third-order valence-corrected chi connectivity index (χ3v) is 1.84. The van der Waals surface area contributed by atoms with Crippen LogP contribution in [0, 0.1) is 0 Å². The Morgan fingerprint density at radius 3 is 2.75 bits per heavy atom. The predicted octanol–water partition coefficient (Wildman–Crippen LogP) is 0.270. The van der Waals surface area contributed by atoms with E-state index in [9.17, 15) is 4.79 Å². The van der Waals surface area contributed by atoms with Gasteiger partial charge in [0, 0.05) is 7.05 Å². The average molecular weight is 167 g/mol. The molecule has 66 valence electrons. The quantitative estimate of drug-likeness (QED) is 0.703. The van der Waals surface area contributed by atoms with Crippen LogP contribution in [0.15, 0.2) is 12.5 Å². The number of ketones is 1. The minimum absolute atomic E-state index is 0.0982. The molecule has 1 unspecified atom stereocenters. The zero-order valence-electron chi connectivity index (χ0n) is 7.53. The van der Waals surface area contributed by atoms with Crippen LogP contribution in [-0.4, -0.2) is 22.4 Å². The van der Waals surface area contributed by atoms with Gasteiger partial charge in [-0.1, -0.05) is 0 Å². The largest absolute Gasteiger partial charge is 0.336 e. The van der Waals surface area contributed by atoms with Gasteiger partial charge in [0.2, 0.25) is 0 Å². The van der Waals surface area contributed by atoms with Gasteiger partial charge in [0.25, 0.3) is 0 Å². The summed E-state index contributed by atoms with van der Waals surface area (Å²) < 4.78 is 1.84. The summed E-state index contributed by atoms with van der Waals surface area (Å²) in [7, 11) is 3.63. The first-order valence-electron chi connectivity index (χ1n) is 3.80. The zero-order chi connectivity index (χ0) is 9.14. The van der Waals surface area contributed by atoms with Crippen LogP contribution >= 0.6 is 0 Å². The predicted molar refractivity (Wildman–Crippen MR) is 45.7 cm³/mol. The maximum atomic E-state index is 11.1. The molecular formula is C8H13N3O. The summed E-state index contributed by atoms with van der Waals surface area (Å²) in [6, 6.07) is -0.238. The van der Waals surface area contributed by atoms with E-state index in [2.05, 4.69) is 10.3 Å². The molecule has 0 fully saturated rings. The van der Waals surface area contributed by atoms with Crippen LogP contribution in [0.3, 0.4) is 0 Å². The van der Waals surface area contributed by atoms with E-state index in [0.717, 1.165) is 5.69 Å². The van der Waals surface area contributed by atoms with Crippen molar-refractivity contribution < 1.29 is 4.79 Å². The number of Topliss-reactive ketones (excluding diaryl/α,β-unsaturated/α-hetero) is 1. The van der Waals surface area contributed by atoms with E-state index in [-0.39, 0.29) is 11.8 Å². The Morgan fingerprint density at radius 2 is 2.42 bits per heavy atom. The van der Waals surface area contributed by atoms with Crippen molar-refractivity contribution in [1.82, 2.24) is 14.9 Å². The van der Waals surface area contributed by atoms with Gasteiger partial charge in [0.05, 0.1) is 18.2 Å². The number of likely N-dealkylation sites (N-methyl/N-ethyl adjacent to an activating group) is 1. The highest BCUT2D eigenvalue weighted by Crippen LogP contribution is 2.11. The number of nitrogens with zero attached hydrogens (tertiary/aromatic N) is 2. The number of rotatable bonds is 3. The number of imidazole rings is 1. The number of aromatic nitrogens is 2. The number of carbonyl (C=O) groups is 1. The van der Waals surface area contributed by atoms with Crippen molar-refractivity contribution in [1.29, 1.82) is 0 Å². The average Bonchev–Trinajstić information content (AvgIpc) is 2.38. The Morgan fingerprint density at radius 1 is 1.75 bits per heavy atom. The van der Waals surface area contributed by atoms with Crippen LogP contribution in [-0.2, 0) is 11.8 Å². The maximum absolute atomic E-state index is 11.1. The molecule has 1 aromatic rings. The molecule has 0 saturated heterocycles. The molecule has 12 heavy (non-hydrogen) atoms. The van der Waals surface area contributed by atoms with Crippen LogP contribution < -0.4 is 5.32 Å². The van der Waals surface area contributed by atoms with E-state index in [1.807, 2.05) is 11.6 Å². The van der Waals surface area contributed by atoms with E-state index in [4.69, 9.17) is 0 Å². The molecule has 0 amide bonds. The summed E-state index contributed by atoms with van der Waals surface area (Å²) in [6.45, 7) is 1.56. The number of hydrogen-bond acceptors (Lipinski definition) is 3. The highest BCUT2D eigenvalue weighted by molar-refractivity contribution is 5.82. The number of nitrogens with one attached hydrogen (secondary N) is 1. The monoisotopic (exact) mass is 167 g/mol. The Hall–Kier alpha value is -1.16. The second-order valence-electron chi connectivity index (χ2n) is 2.76. The molecule has 4 nitrogen and oxygen atoms in total. The molecule has 1 N–H and O–H groups in total. The van der Waals surface area contributed by atoms with Gasteiger partial charge >= 0.3 is 0 Å². The first kappa shape index (κ1) is 8.93. The first-order valence-corrected chi connectivity index (χ1v) is 3.80. The van der Waals surface area contributed by atoms with Gasteiger partial charge in [0.1, 0.15) is 6.04 Å². The smallest absolute Gasteiger partial charge is 0.152 e. The molecule has 0 radical (unpaired) electrons. The topological polar surface area (TPSA) is 46.9 Å². The van der Waals surface area contributed by atoms with Crippen molar-refractivity contribution in [3.05, 3.63) is 18.2 Å². The second kappa shape index (κ2) is 3.49. The number of aryl methyl sites for hydroxylation is 1. The van der Waals surface area contributed by atoms with Crippen molar-refractivity contribution >= 4 is 5.78 Å². The van der Waals surface area contributed by atoms with E-state index in [1.54, 1.807) is 26.5 Å². The van der Waals surface area contributed by atoms with Gasteiger partial charge in [-0.2, -0.15) is 0 Å². The van der Waals surface area contributed by atoms with Crippen molar-refractivity contribution in [2.24, 2.45) is 7.05 Å². The fraction of sp³-hybridized carbons (Fsp3) is 0.500. The van der Waals surface area contributed by atoms with Crippen LogP contribution in [0.4, 0.5) is 0 Å². The standard InChI is InChI=1S/C8H13N3O/c1-6(12)8(9-2)7-4-10-5-11(7)3/h4-5,8-9H,1-3H3. The third-order valence-electron chi connectivity index (χ3n) is 1.84. The summed E-state index contributed by atoms with van der Waals surface area (Å²) in [6.07, 6.45) is 3.38. The molecule has 0 aliphatic carbocycles. The fourth-order valence-corrected chi connectivity index (χ4v) is 1.21. The number of carbonyl (C=O) groups excluding carboxylic acids is 1. The lowest BCUT2D eigenvalue weighted by Gasteiger charge is -2.12. The highest BCUT2D eigenvalue weighted by Gasteiger charge is 2.16. The van der Waals surface area contributed by atoms with Crippen molar-refractivity contribution in [3.63, 3.8) is 0 Å². The van der Waals surface area contributed by atoms with E-state index >= 15 is 0 Å². The molecule has 0 aromatic carbocycles. The van der Waals surface area contributed by atoms with Crippen molar-refractivity contribution in [3.8, 4) is 0 Å². The SMILES string of the molecule is CNC(C(C)=O)c1cncn1C. The van der Waals surface area contributed by atoms with Gasteiger partial charge in [-0.3, -0.25) is 4.79 Å². The Kier molecular flexibility index (Phi) is 2.60. The highest BCUT2D eigenvalue weighted by atomic mass is 16.1. The lowest BCUT2D eigenvalue weighted by atomic mass is 10.1. The molecule has 0 aliphatic rings. The Bertz CT molecular complexity index is 280. The molecule has 0 saturated carbocycles. The van der Waals surface area contributed by atoms with Gasteiger partial charge in [-0.05, 0) is 14.0 Å². The second-order valence-corrected chi connectivity index (χ2v) is 2.76. The number of hydrogen-bond donors (Lipinski definition) is 1. The zero-order valence-corrected chi connectivity index (χ0v) is 7.53. The molecule has 1 rings (SSSR count). The van der Waals surface area contributed by atoms with Gasteiger partial charge in [0.15, 0.2) is 5.78 Å². The van der Waals surface area contributed by atoms with Crippen LogP contribution in [0.1, 0.15) is 18.7 Å². The van der Waals surface area contributed by atoms with Crippen LogP contribution in [0.2, 0.25) is 0 Å². The fourth-order valence-electron chi connectivity index (χ4n) is 1.21. The lowest BCUT2D eigenvalue weighted by molar-refractivity contribution is -0.119. The van der Waals surface area contributed by atoms with Gasteiger partial charge in [-0.15, -0.1) is 0 Å². The summed E-state index contributed by atoms with van der Waals surface area (Å²) >= 11 is 0. The summed E-state index contributed by atoms with van der Waals surface area (Å²) in [5.41, 5.74) is 0.894. The Balaban J connectivity index is 2.94. The summed E-state index contributed by atoms with van der Waals surface area (Å²) in [5.74, 6) is 0.0982. The van der Waals surface area contributed by atoms with Gasteiger partial charge in [-0.25, -0.2) is 4.98 Å². The maximum Gasteiger partial charge on any atom is 0.152 e.